The van der Waals surface area contributed by atoms with E-state index in [1.54, 1.807) is 0 Å². The Morgan fingerprint density at radius 2 is 1.96 bits per heavy atom. The first-order chi connectivity index (χ1) is 13.1. The Balaban J connectivity index is 1.49. The van der Waals surface area contributed by atoms with Crippen molar-refractivity contribution in [3.63, 3.8) is 0 Å². The summed E-state index contributed by atoms with van der Waals surface area (Å²) in [6.07, 6.45) is 2.32. The Bertz CT molecular complexity index is 792. The number of hydrogen-bond donors (Lipinski definition) is 0. The van der Waals surface area contributed by atoms with Gasteiger partial charge in [0.2, 0.25) is 0 Å². The van der Waals surface area contributed by atoms with Crippen molar-refractivity contribution in [1.82, 2.24) is 9.80 Å². The molecule has 1 aliphatic heterocycles. The average molecular weight is 364 g/mol. The second kappa shape index (κ2) is 9.03. The van der Waals surface area contributed by atoms with Crippen LogP contribution in [0.5, 0.6) is 5.75 Å². The lowest BCUT2D eigenvalue weighted by atomic mass is 9.99. The molecular weight excluding hydrogens is 334 g/mol. The van der Waals surface area contributed by atoms with Gasteiger partial charge in [-0.1, -0.05) is 18.2 Å². The molecule has 1 saturated heterocycles. The second-order valence-electron chi connectivity index (χ2n) is 7.57. The molecule has 0 saturated carbocycles. The van der Waals surface area contributed by atoms with E-state index >= 15 is 0 Å². The maximum atomic E-state index is 8.93. The molecular formula is C23H29N3O. The maximum absolute atomic E-state index is 8.93. The number of rotatable bonds is 7. The zero-order valence-electron chi connectivity index (χ0n) is 16.6. The second-order valence-corrected chi connectivity index (χ2v) is 7.57. The zero-order chi connectivity index (χ0) is 19.2. The van der Waals surface area contributed by atoms with Gasteiger partial charge in [-0.05, 0) is 81.4 Å². The smallest absolute Gasteiger partial charge is 0.119 e. The molecule has 4 heteroatoms. The molecule has 0 unspecified atom stereocenters. The fourth-order valence-corrected chi connectivity index (χ4v) is 3.69. The predicted octanol–water partition coefficient (Wildman–Crippen LogP) is 3.94. The summed E-state index contributed by atoms with van der Waals surface area (Å²) in [5.41, 5.74) is 4.18. The van der Waals surface area contributed by atoms with Crippen LogP contribution in [0, 0.1) is 18.3 Å². The summed E-state index contributed by atoms with van der Waals surface area (Å²) in [6, 6.07) is 16.8. The highest BCUT2D eigenvalue weighted by atomic mass is 16.5. The molecule has 0 amide bonds. The Morgan fingerprint density at radius 3 is 2.59 bits per heavy atom. The van der Waals surface area contributed by atoms with Crippen molar-refractivity contribution < 1.29 is 4.74 Å². The number of benzene rings is 2. The van der Waals surface area contributed by atoms with Gasteiger partial charge in [0, 0.05) is 19.1 Å². The minimum atomic E-state index is 0.686. The van der Waals surface area contributed by atoms with E-state index in [1.165, 1.54) is 30.6 Å². The van der Waals surface area contributed by atoms with Crippen LogP contribution in [0.4, 0.5) is 0 Å². The van der Waals surface area contributed by atoms with Crippen LogP contribution in [0.2, 0.25) is 0 Å². The van der Waals surface area contributed by atoms with E-state index in [4.69, 9.17) is 10.00 Å². The number of likely N-dealkylation sites (tertiary alicyclic amines) is 1. The van der Waals surface area contributed by atoms with Gasteiger partial charge in [-0.3, -0.25) is 0 Å². The lowest BCUT2D eigenvalue weighted by Gasteiger charge is -2.20. The average Bonchev–Trinajstić information content (AvgIpc) is 3.15. The molecule has 1 aliphatic rings. The predicted molar refractivity (Wildman–Crippen MR) is 110 cm³/mol. The van der Waals surface area contributed by atoms with E-state index in [9.17, 15) is 0 Å². The number of nitrogens with zero attached hydrogens (tertiary/aromatic N) is 3. The lowest BCUT2D eigenvalue weighted by molar-refractivity contribution is 0.242. The van der Waals surface area contributed by atoms with E-state index in [0.717, 1.165) is 30.9 Å². The number of aryl methyl sites for hydroxylation is 1. The topological polar surface area (TPSA) is 39.5 Å². The van der Waals surface area contributed by atoms with Gasteiger partial charge in [0.05, 0.1) is 18.2 Å². The molecule has 0 aromatic heterocycles. The van der Waals surface area contributed by atoms with Gasteiger partial charge in [0.15, 0.2) is 0 Å². The van der Waals surface area contributed by atoms with E-state index in [-0.39, 0.29) is 0 Å². The zero-order valence-corrected chi connectivity index (χ0v) is 16.6. The fourth-order valence-electron chi connectivity index (χ4n) is 3.69. The Hall–Kier alpha value is -2.35. The molecule has 27 heavy (non-hydrogen) atoms. The summed E-state index contributed by atoms with van der Waals surface area (Å²) in [7, 11) is 4.34. The van der Waals surface area contributed by atoms with Crippen LogP contribution < -0.4 is 4.74 Å². The van der Waals surface area contributed by atoms with Crippen LogP contribution in [0.1, 0.15) is 24.0 Å². The summed E-state index contributed by atoms with van der Waals surface area (Å²) in [6.45, 7) is 6.32. The van der Waals surface area contributed by atoms with Crippen LogP contribution >= 0.6 is 0 Å². The van der Waals surface area contributed by atoms with Crippen LogP contribution in [0.25, 0.3) is 11.1 Å². The fraction of sp³-hybridized carbons (Fsp3) is 0.435. The van der Waals surface area contributed by atoms with Crippen molar-refractivity contribution in [2.24, 2.45) is 0 Å². The maximum Gasteiger partial charge on any atom is 0.119 e. The Labute approximate surface area is 163 Å². The van der Waals surface area contributed by atoms with E-state index in [1.807, 2.05) is 30.3 Å². The van der Waals surface area contributed by atoms with Gasteiger partial charge in [-0.15, -0.1) is 0 Å². The SMILES string of the molecule is Cc1cc(OCCCN2CC[C@@H](N(C)C)C2)ccc1-c1ccc(C#N)cc1. The number of hydrogen-bond acceptors (Lipinski definition) is 4. The van der Waals surface area contributed by atoms with Gasteiger partial charge in [-0.25, -0.2) is 0 Å². The van der Waals surface area contributed by atoms with Gasteiger partial charge in [0.1, 0.15) is 5.75 Å². The molecule has 0 aliphatic carbocycles. The highest BCUT2D eigenvalue weighted by Crippen LogP contribution is 2.27. The van der Waals surface area contributed by atoms with E-state index < -0.39 is 0 Å². The summed E-state index contributed by atoms with van der Waals surface area (Å²) in [4.78, 5) is 4.86. The van der Waals surface area contributed by atoms with Crippen molar-refractivity contribution in [2.75, 3.05) is 40.3 Å². The Kier molecular flexibility index (Phi) is 6.49. The monoisotopic (exact) mass is 363 g/mol. The molecule has 4 nitrogen and oxygen atoms in total. The minimum Gasteiger partial charge on any atom is -0.494 e. The molecule has 142 valence electrons. The third-order valence-electron chi connectivity index (χ3n) is 5.39. The molecule has 0 N–H and O–H groups in total. The van der Waals surface area contributed by atoms with Gasteiger partial charge in [-0.2, -0.15) is 5.26 Å². The summed E-state index contributed by atoms with van der Waals surface area (Å²) in [5, 5.41) is 8.93. The molecule has 0 spiro atoms. The van der Waals surface area contributed by atoms with Crippen LogP contribution in [-0.4, -0.2) is 56.2 Å². The van der Waals surface area contributed by atoms with Crippen molar-refractivity contribution in [2.45, 2.75) is 25.8 Å². The standard InChI is InChI=1S/C23H29N3O/c1-18-15-22(9-10-23(18)20-7-5-19(16-24)6-8-20)27-14-4-12-26-13-11-21(17-26)25(2)3/h5-10,15,21H,4,11-14,17H2,1-3H3/t21-/m1/s1. The van der Waals surface area contributed by atoms with Gasteiger partial charge < -0.3 is 14.5 Å². The van der Waals surface area contributed by atoms with Crippen LogP contribution in [0.3, 0.4) is 0 Å². The van der Waals surface area contributed by atoms with Crippen LogP contribution in [-0.2, 0) is 0 Å². The molecule has 0 radical (unpaired) electrons. The number of likely N-dealkylation sites (N-methyl/N-ethyl adjacent to an activating group) is 1. The van der Waals surface area contributed by atoms with Crippen molar-refractivity contribution in [3.05, 3.63) is 53.6 Å². The third-order valence-corrected chi connectivity index (χ3v) is 5.39. The first-order valence-corrected chi connectivity index (χ1v) is 9.69. The third kappa shape index (κ3) is 5.09. The van der Waals surface area contributed by atoms with Crippen LogP contribution in [0.15, 0.2) is 42.5 Å². The summed E-state index contributed by atoms with van der Waals surface area (Å²) >= 11 is 0. The normalized spacial score (nSPS) is 17.2. The lowest BCUT2D eigenvalue weighted by Crippen LogP contribution is -2.32. The quantitative estimate of drug-likeness (QED) is 0.699. The molecule has 1 heterocycles. The summed E-state index contributed by atoms with van der Waals surface area (Å²) < 4.78 is 5.97. The van der Waals surface area contributed by atoms with Crippen molar-refractivity contribution in [3.8, 4) is 22.9 Å². The van der Waals surface area contributed by atoms with Gasteiger partial charge >= 0.3 is 0 Å². The highest BCUT2D eigenvalue weighted by molar-refractivity contribution is 5.68. The number of ether oxygens (including phenoxy) is 1. The van der Waals surface area contributed by atoms with Crippen molar-refractivity contribution >= 4 is 0 Å². The minimum absolute atomic E-state index is 0.686. The highest BCUT2D eigenvalue weighted by Gasteiger charge is 2.23. The molecule has 2 aromatic carbocycles. The number of nitriles is 1. The van der Waals surface area contributed by atoms with E-state index in [0.29, 0.717) is 11.6 Å². The molecule has 2 aromatic rings. The Morgan fingerprint density at radius 1 is 1.19 bits per heavy atom. The molecule has 0 bridgehead atoms. The first-order valence-electron chi connectivity index (χ1n) is 9.69. The largest absolute Gasteiger partial charge is 0.494 e. The molecule has 3 rings (SSSR count). The first kappa shape index (κ1) is 19.4. The molecule has 1 fully saturated rings. The van der Waals surface area contributed by atoms with Gasteiger partial charge in [0.25, 0.3) is 0 Å². The molecule has 1 atom stereocenters. The van der Waals surface area contributed by atoms with E-state index in [2.05, 4.69) is 49.0 Å². The summed E-state index contributed by atoms with van der Waals surface area (Å²) in [5.74, 6) is 0.928. The van der Waals surface area contributed by atoms with Crippen molar-refractivity contribution in [1.29, 1.82) is 5.26 Å².